The summed E-state index contributed by atoms with van der Waals surface area (Å²) in [5.41, 5.74) is 2.62. The van der Waals surface area contributed by atoms with E-state index >= 15 is 0 Å². The fourth-order valence-electron chi connectivity index (χ4n) is 2.80. The van der Waals surface area contributed by atoms with E-state index in [2.05, 4.69) is 62.2 Å². The van der Waals surface area contributed by atoms with Gasteiger partial charge in [0.2, 0.25) is 0 Å². The first-order chi connectivity index (χ1) is 9.20. The Morgan fingerprint density at radius 3 is 1.45 bits per heavy atom. The van der Waals surface area contributed by atoms with E-state index in [1.165, 1.54) is 11.4 Å². The van der Waals surface area contributed by atoms with Gasteiger partial charge in [0, 0.05) is 48.4 Å². The Morgan fingerprint density at radius 1 is 0.750 bits per heavy atom. The van der Waals surface area contributed by atoms with Crippen LogP contribution in [0.3, 0.4) is 0 Å². The van der Waals surface area contributed by atoms with Crippen LogP contribution in [0.1, 0.15) is 54.4 Å². The molecule has 4 nitrogen and oxygen atoms in total. The molecule has 1 rings (SSSR count). The summed E-state index contributed by atoms with van der Waals surface area (Å²) in [6.45, 7) is 16.7. The van der Waals surface area contributed by atoms with Crippen molar-refractivity contribution in [1.29, 1.82) is 0 Å². The highest BCUT2D eigenvalue weighted by atomic mass is 15.0. The van der Waals surface area contributed by atoms with E-state index in [0.29, 0.717) is 0 Å². The molecule has 2 N–H and O–H groups in total. The summed E-state index contributed by atoms with van der Waals surface area (Å²) in [7, 11) is 0. The van der Waals surface area contributed by atoms with Crippen molar-refractivity contribution in [3.8, 4) is 0 Å². The minimum atomic E-state index is 0.0999. The molecule has 0 aliphatic carbocycles. The summed E-state index contributed by atoms with van der Waals surface area (Å²) in [5, 5.41) is 7.24. The fourth-order valence-corrected chi connectivity index (χ4v) is 2.80. The maximum atomic E-state index is 4.63. The molecule has 0 spiro atoms. The molecule has 0 aromatic rings. The van der Waals surface area contributed by atoms with Crippen LogP contribution in [0.2, 0.25) is 0 Å². The Bertz CT molecular complexity index is 331. The van der Waals surface area contributed by atoms with Gasteiger partial charge in [0.25, 0.3) is 0 Å². The van der Waals surface area contributed by atoms with Crippen LogP contribution in [0.5, 0.6) is 0 Å². The second-order valence-corrected chi connectivity index (χ2v) is 7.21. The van der Waals surface area contributed by atoms with Crippen molar-refractivity contribution in [2.24, 2.45) is 9.98 Å². The molecule has 0 aromatic carbocycles. The molecule has 0 bridgehead atoms. The van der Waals surface area contributed by atoms with Crippen LogP contribution in [-0.2, 0) is 0 Å². The molecule has 0 atom stereocenters. The van der Waals surface area contributed by atoms with Crippen molar-refractivity contribution in [3.05, 3.63) is 0 Å². The van der Waals surface area contributed by atoms with Gasteiger partial charge < -0.3 is 10.6 Å². The average Bonchev–Trinajstić information content (AvgIpc) is 2.28. The van der Waals surface area contributed by atoms with E-state index in [-0.39, 0.29) is 11.1 Å². The Kier molecular flexibility index (Phi) is 6.34. The number of hydrogen-bond donors (Lipinski definition) is 2. The zero-order valence-corrected chi connectivity index (χ0v) is 14.1. The standard InChI is InChI=1S/C16H32N4/c1-13-11-15(3,4)19-9-10-20-16(5,6)12-14(2)18-8-7-17-13/h19-20H,7-12H2,1-6H3. The monoisotopic (exact) mass is 280 g/mol. The smallest absolute Gasteiger partial charge is 0.0584 e. The van der Waals surface area contributed by atoms with Crippen LogP contribution in [0.15, 0.2) is 9.98 Å². The van der Waals surface area contributed by atoms with Gasteiger partial charge >= 0.3 is 0 Å². The van der Waals surface area contributed by atoms with Gasteiger partial charge in [-0.3, -0.25) is 9.98 Å². The Morgan fingerprint density at radius 2 is 1.10 bits per heavy atom. The van der Waals surface area contributed by atoms with Gasteiger partial charge in [-0.2, -0.15) is 0 Å². The van der Waals surface area contributed by atoms with Gasteiger partial charge in [0.1, 0.15) is 0 Å². The van der Waals surface area contributed by atoms with Crippen LogP contribution in [0, 0.1) is 0 Å². The van der Waals surface area contributed by atoms with Crippen LogP contribution in [-0.4, -0.2) is 48.7 Å². The average molecular weight is 280 g/mol. The Balaban J connectivity index is 2.74. The number of rotatable bonds is 0. The highest BCUT2D eigenvalue weighted by Gasteiger charge is 2.20. The number of aliphatic imine (C=N–C) groups is 2. The molecule has 1 aliphatic rings. The highest BCUT2D eigenvalue weighted by Crippen LogP contribution is 2.11. The normalized spacial score (nSPS) is 25.3. The third-order valence-corrected chi connectivity index (χ3v) is 3.59. The Labute approximate surface area is 124 Å². The highest BCUT2D eigenvalue weighted by molar-refractivity contribution is 5.83. The van der Waals surface area contributed by atoms with Gasteiger partial charge in [0.05, 0.1) is 13.1 Å². The predicted octanol–water partition coefficient (Wildman–Crippen LogP) is 2.44. The van der Waals surface area contributed by atoms with Gasteiger partial charge in [-0.15, -0.1) is 0 Å². The minimum absolute atomic E-state index is 0.0999. The van der Waals surface area contributed by atoms with Gasteiger partial charge in [-0.05, 0) is 41.5 Å². The molecular weight excluding hydrogens is 248 g/mol. The maximum Gasteiger partial charge on any atom is 0.0584 e. The van der Waals surface area contributed by atoms with Gasteiger partial charge in [-0.1, -0.05) is 0 Å². The quantitative estimate of drug-likeness (QED) is 0.716. The van der Waals surface area contributed by atoms with E-state index in [9.17, 15) is 0 Å². The first-order valence-corrected chi connectivity index (χ1v) is 7.70. The van der Waals surface area contributed by atoms with Crippen LogP contribution >= 0.6 is 0 Å². The van der Waals surface area contributed by atoms with Crippen molar-refractivity contribution in [2.45, 2.75) is 65.5 Å². The molecule has 0 aromatic heterocycles. The first-order valence-electron chi connectivity index (χ1n) is 7.70. The lowest BCUT2D eigenvalue weighted by molar-refractivity contribution is 0.359. The molecule has 0 unspecified atom stereocenters. The molecule has 0 amide bonds. The summed E-state index contributed by atoms with van der Waals surface area (Å²) in [6, 6.07) is 0. The van der Waals surface area contributed by atoms with E-state index < -0.39 is 0 Å². The minimum Gasteiger partial charge on any atom is -0.310 e. The summed E-state index contributed by atoms with van der Waals surface area (Å²) < 4.78 is 0. The molecule has 4 heteroatoms. The molecule has 20 heavy (non-hydrogen) atoms. The van der Waals surface area contributed by atoms with Crippen LogP contribution < -0.4 is 10.6 Å². The summed E-state index contributed by atoms with van der Waals surface area (Å²) in [4.78, 5) is 9.26. The third-order valence-electron chi connectivity index (χ3n) is 3.59. The Hall–Kier alpha value is -0.740. The number of nitrogens with one attached hydrogen (secondary N) is 2. The summed E-state index contributed by atoms with van der Waals surface area (Å²) in [6.07, 6.45) is 1.97. The van der Waals surface area contributed by atoms with Gasteiger partial charge in [-0.25, -0.2) is 0 Å². The van der Waals surface area contributed by atoms with E-state index in [4.69, 9.17) is 0 Å². The van der Waals surface area contributed by atoms with E-state index in [1.54, 1.807) is 0 Å². The second kappa shape index (κ2) is 7.32. The summed E-state index contributed by atoms with van der Waals surface area (Å²) in [5.74, 6) is 0. The molecule has 0 radical (unpaired) electrons. The van der Waals surface area contributed by atoms with E-state index in [1.807, 2.05) is 0 Å². The van der Waals surface area contributed by atoms with Gasteiger partial charge in [0.15, 0.2) is 0 Å². The predicted molar refractivity (Wildman–Crippen MR) is 89.3 cm³/mol. The van der Waals surface area contributed by atoms with Crippen molar-refractivity contribution in [3.63, 3.8) is 0 Å². The molecular formula is C16H32N4. The van der Waals surface area contributed by atoms with Crippen molar-refractivity contribution in [2.75, 3.05) is 26.2 Å². The lowest BCUT2D eigenvalue weighted by Gasteiger charge is -2.30. The van der Waals surface area contributed by atoms with E-state index in [0.717, 1.165) is 39.0 Å². The molecule has 116 valence electrons. The lowest BCUT2D eigenvalue weighted by Crippen LogP contribution is -2.48. The molecule has 1 heterocycles. The largest absolute Gasteiger partial charge is 0.310 e. The third kappa shape index (κ3) is 7.15. The summed E-state index contributed by atoms with van der Waals surface area (Å²) >= 11 is 0. The van der Waals surface area contributed by atoms with Crippen molar-refractivity contribution >= 4 is 11.4 Å². The molecule has 1 aliphatic heterocycles. The first kappa shape index (κ1) is 17.3. The zero-order chi connectivity index (χ0) is 15.2. The van der Waals surface area contributed by atoms with Crippen LogP contribution in [0.25, 0.3) is 0 Å². The number of nitrogens with zero attached hydrogens (tertiary/aromatic N) is 2. The topological polar surface area (TPSA) is 48.8 Å². The van der Waals surface area contributed by atoms with Crippen LogP contribution in [0.4, 0.5) is 0 Å². The fraction of sp³-hybridized carbons (Fsp3) is 0.875. The lowest BCUT2D eigenvalue weighted by atomic mass is 9.96. The molecule has 0 saturated heterocycles. The second-order valence-electron chi connectivity index (χ2n) is 7.21. The van der Waals surface area contributed by atoms with Crippen molar-refractivity contribution in [1.82, 2.24) is 10.6 Å². The van der Waals surface area contributed by atoms with Crippen molar-refractivity contribution < 1.29 is 0 Å². The molecule has 0 saturated carbocycles. The molecule has 0 fully saturated rings. The maximum absolute atomic E-state index is 4.63. The zero-order valence-electron chi connectivity index (χ0n) is 14.1. The SMILES string of the molecule is CC1=NCCN=C(C)CC(C)(C)NCCNC(C)(C)C1. The number of hydrogen-bond acceptors (Lipinski definition) is 4.